The van der Waals surface area contributed by atoms with Gasteiger partial charge in [-0.05, 0) is 69.2 Å². The smallest absolute Gasteiger partial charge is 0.338 e. The number of anilines is 1. The van der Waals surface area contributed by atoms with Crippen molar-refractivity contribution in [3.05, 3.63) is 83.2 Å². The van der Waals surface area contributed by atoms with Crippen LogP contribution in [0.15, 0.2) is 65.6 Å². The number of hydrogen-bond acceptors (Lipinski definition) is 5. The van der Waals surface area contributed by atoms with Gasteiger partial charge in [-0.1, -0.05) is 18.2 Å². The Bertz CT molecular complexity index is 1260. The van der Waals surface area contributed by atoms with Gasteiger partial charge in [-0.25, -0.2) is 13.2 Å². The van der Waals surface area contributed by atoms with Gasteiger partial charge in [-0.15, -0.1) is 0 Å². The van der Waals surface area contributed by atoms with Crippen LogP contribution in [0.2, 0.25) is 0 Å². The van der Waals surface area contributed by atoms with Crippen molar-refractivity contribution in [3.63, 3.8) is 0 Å². The van der Waals surface area contributed by atoms with Gasteiger partial charge in [0, 0.05) is 28.7 Å². The molecule has 1 aliphatic rings. The number of hydrogen-bond donors (Lipinski definition) is 1. The summed E-state index contributed by atoms with van der Waals surface area (Å²) in [5.41, 5.74) is 3.10. The minimum absolute atomic E-state index is 0.0153. The van der Waals surface area contributed by atoms with Crippen molar-refractivity contribution < 1.29 is 22.7 Å². The van der Waals surface area contributed by atoms with Gasteiger partial charge in [0.05, 0.1) is 10.5 Å². The second kappa shape index (κ2) is 8.63. The maximum atomic E-state index is 12.6. The molecule has 0 amide bonds. The Hall–Kier alpha value is -3.39. The highest BCUT2D eigenvalue weighted by molar-refractivity contribution is 7.92. The summed E-state index contributed by atoms with van der Waals surface area (Å²) in [7, 11) is -3.78. The lowest BCUT2D eigenvalue weighted by molar-refractivity contribution is 0.0474. The van der Waals surface area contributed by atoms with E-state index in [2.05, 4.69) is 9.29 Å². The Morgan fingerprint density at radius 1 is 1.03 bits per heavy atom. The van der Waals surface area contributed by atoms with Crippen molar-refractivity contribution in [2.75, 3.05) is 11.3 Å². The SMILES string of the molecule is Cc1cc(C(=O)COC(=O)c2ccc(S(=O)(=O)Nc3ccccc3)cc2)c(C)n1C1CC1. The maximum absolute atomic E-state index is 12.6. The lowest BCUT2D eigenvalue weighted by atomic mass is 10.1. The third kappa shape index (κ3) is 4.60. The largest absolute Gasteiger partial charge is 0.454 e. The lowest BCUT2D eigenvalue weighted by Gasteiger charge is -2.09. The summed E-state index contributed by atoms with van der Waals surface area (Å²) in [6.07, 6.45) is 2.23. The number of nitrogens with one attached hydrogen (secondary N) is 1. The Morgan fingerprint density at radius 2 is 1.69 bits per heavy atom. The first-order valence-corrected chi connectivity index (χ1v) is 11.8. The van der Waals surface area contributed by atoms with E-state index in [9.17, 15) is 18.0 Å². The van der Waals surface area contributed by atoms with Crippen molar-refractivity contribution in [3.8, 4) is 0 Å². The average molecular weight is 453 g/mol. The molecule has 4 rings (SSSR count). The molecule has 2 aromatic carbocycles. The zero-order valence-corrected chi connectivity index (χ0v) is 18.7. The summed E-state index contributed by atoms with van der Waals surface area (Å²) in [6.45, 7) is 3.50. The molecule has 3 aromatic rings. The molecule has 1 heterocycles. The predicted molar refractivity (Wildman–Crippen MR) is 120 cm³/mol. The van der Waals surface area contributed by atoms with E-state index in [4.69, 9.17) is 4.74 Å². The van der Waals surface area contributed by atoms with Gasteiger partial charge in [0.25, 0.3) is 10.0 Å². The Kier molecular flexibility index (Phi) is 5.88. The highest BCUT2D eigenvalue weighted by Crippen LogP contribution is 2.38. The molecule has 0 unspecified atom stereocenters. The minimum Gasteiger partial charge on any atom is -0.454 e. The lowest BCUT2D eigenvalue weighted by Crippen LogP contribution is -2.16. The van der Waals surface area contributed by atoms with Crippen LogP contribution in [-0.4, -0.2) is 31.3 Å². The fourth-order valence-corrected chi connectivity index (χ4v) is 4.80. The molecule has 0 bridgehead atoms. The summed E-state index contributed by atoms with van der Waals surface area (Å²) < 4.78 is 34.8. The Morgan fingerprint density at radius 3 is 2.31 bits per heavy atom. The molecule has 0 radical (unpaired) electrons. The molecular formula is C24H24N2O5S. The van der Waals surface area contributed by atoms with Crippen LogP contribution >= 0.6 is 0 Å². The number of nitrogens with zero attached hydrogens (tertiary/aromatic N) is 1. The summed E-state index contributed by atoms with van der Waals surface area (Å²) in [6, 6.07) is 16.2. The molecule has 7 nitrogen and oxygen atoms in total. The van der Waals surface area contributed by atoms with Gasteiger partial charge >= 0.3 is 5.97 Å². The summed E-state index contributed by atoms with van der Waals surface area (Å²) in [4.78, 5) is 25.0. The van der Waals surface area contributed by atoms with Crippen LogP contribution in [0.4, 0.5) is 5.69 Å². The molecule has 0 spiro atoms. The van der Waals surface area contributed by atoms with Gasteiger partial charge in [-0.2, -0.15) is 0 Å². The van der Waals surface area contributed by atoms with Crippen LogP contribution in [0.5, 0.6) is 0 Å². The number of carbonyl (C=O) groups excluding carboxylic acids is 2. The summed E-state index contributed by atoms with van der Waals surface area (Å²) in [5.74, 6) is -0.945. The fourth-order valence-electron chi connectivity index (χ4n) is 3.74. The molecule has 8 heteroatoms. The standard InChI is InChI=1S/C24H24N2O5S/c1-16-14-22(17(2)26(16)20-10-11-20)23(27)15-31-24(28)18-8-12-21(13-9-18)32(29,30)25-19-6-4-3-5-7-19/h3-9,12-14,20,25H,10-11,15H2,1-2H3. The van der Waals surface area contributed by atoms with Crippen molar-refractivity contribution >= 4 is 27.5 Å². The van der Waals surface area contributed by atoms with Crippen LogP contribution in [0.3, 0.4) is 0 Å². The zero-order valence-electron chi connectivity index (χ0n) is 17.9. The number of benzene rings is 2. The highest BCUT2D eigenvalue weighted by atomic mass is 32.2. The van der Waals surface area contributed by atoms with Crippen LogP contribution in [-0.2, 0) is 14.8 Å². The topological polar surface area (TPSA) is 94.5 Å². The number of rotatable bonds is 8. The number of aryl methyl sites for hydroxylation is 1. The van der Waals surface area contributed by atoms with Gasteiger partial charge in [0.15, 0.2) is 6.61 Å². The molecule has 0 atom stereocenters. The second-order valence-corrected chi connectivity index (χ2v) is 9.56. The van der Waals surface area contributed by atoms with E-state index in [1.54, 1.807) is 30.3 Å². The fraction of sp³-hybridized carbons (Fsp3) is 0.250. The quantitative estimate of drug-likeness (QED) is 0.407. The minimum atomic E-state index is -3.78. The average Bonchev–Trinajstić information content (AvgIpc) is 3.56. The summed E-state index contributed by atoms with van der Waals surface area (Å²) in [5, 5.41) is 0. The number of sulfonamides is 1. The van der Waals surface area contributed by atoms with Crippen LogP contribution in [0, 0.1) is 13.8 Å². The molecule has 1 saturated carbocycles. The first-order chi connectivity index (χ1) is 15.3. The number of para-hydroxylation sites is 1. The molecule has 1 N–H and O–H groups in total. The molecule has 0 aliphatic heterocycles. The third-order valence-electron chi connectivity index (χ3n) is 5.46. The van der Waals surface area contributed by atoms with E-state index < -0.39 is 16.0 Å². The number of Topliss-reactive ketones (excluding diaryl/α,β-unsaturated/α-hetero) is 1. The van der Waals surface area contributed by atoms with Gasteiger partial charge in [0.2, 0.25) is 5.78 Å². The number of aromatic nitrogens is 1. The zero-order chi connectivity index (χ0) is 22.9. The molecule has 1 fully saturated rings. The first kappa shape index (κ1) is 21.8. The van der Waals surface area contributed by atoms with Gasteiger partial charge in [-0.3, -0.25) is 9.52 Å². The Labute approximate surface area is 187 Å². The van der Waals surface area contributed by atoms with E-state index in [0.717, 1.165) is 24.2 Å². The monoisotopic (exact) mass is 452 g/mol. The van der Waals surface area contributed by atoms with Crippen molar-refractivity contribution in [1.82, 2.24) is 4.57 Å². The van der Waals surface area contributed by atoms with E-state index in [0.29, 0.717) is 17.3 Å². The van der Waals surface area contributed by atoms with Crippen molar-refractivity contribution in [1.29, 1.82) is 0 Å². The third-order valence-corrected chi connectivity index (χ3v) is 6.85. The highest BCUT2D eigenvalue weighted by Gasteiger charge is 2.28. The maximum Gasteiger partial charge on any atom is 0.338 e. The number of carbonyl (C=O) groups is 2. The van der Waals surface area contributed by atoms with Crippen LogP contribution in [0.25, 0.3) is 0 Å². The molecule has 0 saturated heterocycles. The molecule has 32 heavy (non-hydrogen) atoms. The normalized spacial score (nSPS) is 13.6. The summed E-state index contributed by atoms with van der Waals surface area (Å²) >= 11 is 0. The molecule has 1 aliphatic carbocycles. The molecule has 166 valence electrons. The van der Waals surface area contributed by atoms with Crippen LogP contribution in [0.1, 0.15) is 51.0 Å². The van der Waals surface area contributed by atoms with E-state index in [-0.39, 0.29) is 22.8 Å². The second-order valence-electron chi connectivity index (χ2n) is 7.88. The first-order valence-electron chi connectivity index (χ1n) is 10.3. The molecule has 1 aromatic heterocycles. The Balaban J connectivity index is 1.39. The van der Waals surface area contributed by atoms with E-state index in [1.807, 2.05) is 19.9 Å². The van der Waals surface area contributed by atoms with Crippen molar-refractivity contribution in [2.45, 2.75) is 37.6 Å². The predicted octanol–water partition coefficient (Wildman–Crippen LogP) is 4.28. The van der Waals surface area contributed by atoms with Crippen molar-refractivity contribution in [2.24, 2.45) is 0 Å². The van der Waals surface area contributed by atoms with E-state index >= 15 is 0 Å². The van der Waals surface area contributed by atoms with Crippen LogP contribution < -0.4 is 4.72 Å². The molecular weight excluding hydrogens is 428 g/mol. The van der Waals surface area contributed by atoms with E-state index in [1.165, 1.54) is 24.3 Å². The van der Waals surface area contributed by atoms with Gasteiger partial charge < -0.3 is 9.30 Å². The number of ether oxygens (including phenoxy) is 1. The number of ketones is 1. The van der Waals surface area contributed by atoms with Gasteiger partial charge in [0.1, 0.15) is 0 Å². The number of esters is 1.